The van der Waals surface area contributed by atoms with Gasteiger partial charge < -0.3 is 15.8 Å². The average Bonchev–Trinajstić information content (AvgIpc) is 2.86. The van der Waals surface area contributed by atoms with Gasteiger partial charge in [0.05, 0.1) is 6.61 Å². The topological polar surface area (TPSA) is 98.5 Å². The summed E-state index contributed by atoms with van der Waals surface area (Å²) in [5.41, 5.74) is 6.62. The van der Waals surface area contributed by atoms with Gasteiger partial charge in [-0.3, -0.25) is 9.59 Å². The van der Waals surface area contributed by atoms with Crippen LogP contribution in [0, 0.1) is 0 Å². The predicted molar refractivity (Wildman–Crippen MR) is 131 cm³/mol. The Morgan fingerprint density at radius 1 is 0.853 bits per heavy atom. The Kier molecular flexibility index (Phi) is 8.35. The summed E-state index contributed by atoms with van der Waals surface area (Å²) in [4.78, 5) is 38.0. The van der Waals surface area contributed by atoms with Gasteiger partial charge in [0.1, 0.15) is 11.5 Å². The number of carbonyl (C=O) groups excluding carboxylic acids is 3. The zero-order valence-electron chi connectivity index (χ0n) is 19.0. The minimum atomic E-state index is -1.23. The van der Waals surface area contributed by atoms with Crippen molar-refractivity contribution >= 4 is 17.8 Å². The van der Waals surface area contributed by atoms with E-state index in [4.69, 9.17) is 10.5 Å². The number of hydrogen-bond acceptors (Lipinski definition) is 4. The first-order valence-corrected chi connectivity index (χ1v) is 11.1. The van der Waals surface area contributed by atoms with Crippen molar-refractivity contribution in [2.24, 2.45) is 5.73 Å². The lowest BCUT2D eigenvalue weighted by Gasteiger charge is -2.35. The largest absolute Gasteiger partial charge is 0.463 e. The fourth-order valence-electron chi connectivity index (χ4n) is 3.96. The van der Waals surface area contributed by atoms with Crippen molar-refractivity contribution in [3.05, 3.63) is 120 Å². The van der Waals surface area contributed by atoms with Crippen LogP contribution in [-0.2, 0) is 24.5 Å². The van der Waals surface area contributed by atoms with E-state index >= 15 is 0 Å². The number of primary amides is 1. The molecule has 0 spiro atoms. The monoisotopic (exact) mass is 456 g/mol. The van der Waals surface area contributed by atoms with E-state index in [0.717, 1.165) is 16.7 Å². The first-order valence-electron chi connectivity index (χ1n) is 11.1. The van der Waals surface area contributed by atoms with E-state index < -0.39 is 29.2 Å². The molecule has 0 unspecified atom stereocenters. The van der Waals surface area contributed by atoms with Crippen LogP contribution in [0.1, 0.15) is 30.0 Å². The normalized spacial score (nSPS) is 12.1. The molecule has 0 bridgehead atoms. The van der Waals surface area contributed by atoms with E-state index in [1.807, 2.05) is 91.0 Å². The molecule has 0 heterocycles. The van der Waals surface area contributed by atoms with E-state index in [2.05, 4.69) is 5.32 Å². The third kappa shape index (κ3) is 5.41. The van der Waals surface area contributed by atoms with E-state index in [1.54, 1.807) is 6.92 Å². The van der Waals surface area contributed by atoms with Crippen LogP contribution in [-0.4, -0.2) is 30.4 Å². The quantitative estimate of drug-likeness (QED) is 0.277. The van der Waals surface area contributed by atoms with Crippen LogP contribution < -0.4 is 11.1 Å². The summed E-state index contributed by atoms with van der Waals surface area (Å²) in [6.07, 6.45) is 2.75. The third-order valence-corrected chi connectivity index (χ3v) is 5.52. The smallest absolute Gasteiger partial charge is 0.330 e. The molecule has 34 heavy (non-hydrogen) atoms. The second-order valence-electron chi connectivity index (χ2n) is 7.67. The number of amides is 2. The molecule has 3 aromatic rings. The maximum absolute atomic E-state index is 14.1. The molecule has 3 N–H and O–H groups in total. The minimum Gasteiger partial charge on any atom is -0.463 e. The Bertz CT molecular complexity index is 1030. The number of ether oxygens (including phenoxy) is 1. The van der Waals surface area contributed by atoms with Gasteiger partial charge in [0, 0.05) is 6.08 Å². The van der Waals surface area contributed by atoms with Crippen LogP contribution in [0.3, 0.4) is 0 Å². The summed E-state index contributed by atoms with van der Waals surface area (Å²) in [5, 5.41) is 2.84. The first kappa shape index (κ1) is 24.5. The molecule has 2 amide bonds. The molecule has 0 radical (unpaired) electrons. The lowest BCUT2D eigenvalue weighted by atomic mass is 9.68. The molecule has 0 fully saturated rings. The van der Waals surface area contributed by atoms with Crippen molar-refractivity contribution < 1.29 is 19.1 Å². The number of benzene rings is 3. The summed E-state index contributed by atoms with van der Waals surface area (Å²) < 4.78 is 4.86. The maximum atomic E-state index is 14.1. The number of carbonyl (C=O) groups is 3. The van der Waals surface area contributed by atoms with Crippen LogP contribution >= 0.6 is 0 Å². The van der Waals surface area contributed by atoms with Gasteiger partial charge in [0.2, 0.25) is 11.8 Å². The van der Waals surface area contributed by atoms with Crippen molar-refractivity contribution in [2.45, 2.75) is 24.8 Å². The van der Waals surface area contributed by atoms with E-state index in [9.17, 15) is 14.4 Å². The summed E-state index contributed by atoms with van der Waals surface area (Å²) in [6.45, 7) is 1.95. The Labute approximate surface area is 199 Å². The zero-order chi connectivity index (χ0) is 24.4. The van der Waals surface area contributed by atoms with E-state index in [-0.39, 0.29) is 13.0 Å². The predicted octanol–water partition coefficient (Wildman–Crippen LogP) is 3.50. The van der Waals surface area contributed by atoms with Gasteiger partial charge >= 0.3 is 5.97 Å². The molecule has 0 saturated carbocycles. The van der Waals surface area contributed by atoms with Gasteiger partial charge in [-0.05, 0) is 30.0 Å². The highest BCUT2D eigenvalue weighted by molar-refractivity contribution is 5.98. The Morgan fingerprint density at radius 2 is 1.29 bits per heavy atom. The van der Waals surface area contributed by atoms with Gasteiger partial charge in [0.15, 0.2) is 0 Å². The van der Waals surface area contributed by atoms with E-state index in [1.165, 1.54) is 12.2 Å². The molecule has 0 aromatic heterocycles. The van der Waals surface area contributed by atoms with Crippen LogP contribution in [0.15, 0.2) is 103 Å². The van der Waals surface area contributed by atoms with Gasteiger partial charge in [-0.25, -0.2) is 4.79 Å². The number of nitrogens with two attached hydrogens (primary N) is 1. The molecule has 1 atom stereocenters. The fraction of sp³-hybridized carbons (Fsp3) is 0.179. The average molecular weight is 457 g/mol. The van der Waals surface area contributed by atoms with Gasteiger partial charge in [0.25, 0.3) is 0 Å². The Hall–Kier alpha value is -4.19. The molecule has 174 valence electrons. The van der Waals surface area contributed by atoms with Gasteiger partial charge in [-0.15, -0.1) is 0 Å². The lowest BCUT2D eigenvalue weighted by Crippen LogP contribution is -2.53. The van der Waals surface area contributed by atoms with Crippen LogP contribution in [0.4, 0.5) is 0 Å². The Morgan fingerprint density at radius 3 is 1.68 bits per heavy atom. The summed E-state index contributed by atoms with van der Waals surface area (Å²) in [7, 11) is 0. The SMILES string of the molecule is CCOC(=O)/C=C/C[C@@H](NC(=O)C(c1ccccc1)(c1ccccc1)c1ccccc1)C(N)=O. The molecule has 6 heteroatoms. The van der Waals surface area contributed by atoms with Crippen molar-refractivity contribution in [3.63, 3.8) is 0 Å². The fourth-order valence-corrected chi connectivity index (χ4v) is 3.96. The van der Waals surface area contributed by atoms with Crippen molar-refractivity contribution in [3.8, 4) is 0 Å². The second kappa shape index (κ2) is 11.6. The molecule has 0 saturated heterocycles. The molecule has 0 aliphatic carbocycles. The lowest BCUT2D eigenvalue weighted by molar-refractivity contribution is -0.137. The summed E-state index contributed by atoms with van der Waals surface area (Å²) >= 11 is 0. The maximum Gasteiger partial charge on any atom is 0.330 e. The van der Waals surface area contributed by atoms with Crippen LogP contribution in [0.25, 0.3) is 0 Å². The molecular formula is C28H28N2O4. The molecule has 3 aromatic carbocycles. The van der Waals surface area contributed by atoms with Crippen molar-refractivity contribution in [1.82, 2.24) is 5.32 Å². The summed E-state index contributed by atoms with van der Waals surface area (Å²) in [6, 6.07) is 27.2. The van der Waals surface area contributed by atoms with Crippen molar-refractivity contribution in [2.75, 3.05) is 6.61 Å². The number of rotatable bonds is 10. The van der Waals surface area contributed by atoms with Crippen LogP contribution in [0.5, 0.6) is 0 Å². The highest BCUT2D eigenvalue weighted by Gasteiger charge is 2.44. The highest BCUT2D eigenvalue weighted by Crippen LogP contribution is 2.39. The standard InChI is InChI=1S/C28H28N2O4/c1-2-34-25(31)20-12-19-24(26(29)32)30-27(33)28(21-13-6-3-7-14-21,22-15-8-4-9-16-22)23-17-10-5-11-18-23/h3-18,20,24H,2,19H2,1H3,(H2,29,32)(H,30,33)/b20-12+/t24-/m1/s1. The Balaban J connectivity index is 2.08. The van der Waals surface area contributed by atoms with Gasteiger partial charge in [-0.2, -0.15) is 0 Å². The first-order chi connectivity index (χ1) is 16.5. The second-order valence-corrected chi connectivity index (χ2v) is 7.67. The molecular weight excluding hydrogens is 428 g/mol. The highest BCUT2D eigenvalue weighted by atomic mass is 16.5. The molecule has 3 rings (SSSR count). The molecule has 6 nitrogen and oxygen atoms in total. The number of hydrogen-bond donors (Lipinski definition) is 2. The van der Waals surface area contributed by atoms with Gasteiger partial charge in [-0.1, -0.05) is 97.1 Å². The zero-order valence-corrected chi connectivity index (χ0v) is 19.0. The minimum absolute atomic E-state index is 0.0499. The van der Waals surface area contributed by atoms with Crippen LogP contribution in [0.2, 0.25) is 0 Å². The third-order valence-electron chi connectivity index (χ3n) is 5.52. The van der Waals surface area contributed by atoms with E-state index in [0.29, 0.717) is 0 Å². The molecule has 0 aliphatic heterocycles. The summed E-state index contributed by atoms with van der Waals surface area (Å²) in [5.74, 6) is -1.63. The number of nitrogens with one attached hydrogen (secondary N) is 1. The number of esters is 1. The molecule has 0 aliphatic rings. The van der Waals surface area contributed by atoms with Crippen molar-refractivity contribution in [1.29, 1.82) is 0 Å².